The van der Waals surface area contributed by atoms with Crippen LogP contribution in [0.2, 0.25) is 0 Å². The van der Waals surface area contributed by atoms with E-state index in [9.17, 15) is 14.9 Å². The van der Waals surface area contributed by atoms with Crippen molar-refractivity contribution in [3.05, 3.63) is 57.9 Å². The van der Waals surface area contributed by atoms with Gasteiger partial charge >= 0.3 is 5.97 Å². The molecule has 0 spiro atoms. The van der Waals surface area contributed by atoms with Crippen LogP contribution in [0.4, 0.5) is 0 Å². The first-order valence-electron chi connectivity index (χ1n) is 10.5. The molecule has 1 unspecified atom stereocenters. The minimum Gasteiger partial charge on any atom is -0.463 e. The second kappa shape index (κ2) is 9.46. The zero-order chi connectivity index (χ0) is 22.6. The Balaban J connectivity index is 2.20. The Morgan fingerprint density at radius 1 is 1.35 bits per heavy atom. The van der Waals surface area contributed by atoms with E-state index in [1.807, 2.05) is 6.07 Å². The number of ether oxygens (including phenoxy) is 2. The van der Waals surface area contributed by atoms with Crippen molar-refractivity contribution in [2.24, 2.45) is 11.1 Å². The molecule has 0 radical (unpaired) electrons. The molecule has 0 aromatic heterocycles. The smallest absolute Gasteiger partial charge is 0.336 e. The molecule has 1 aliphatic carbocycles. The molecule has 31 heavy (non-hydrogen) atoms. The van der Waals surface area contributed by atoms with Crippen molar-refractivity contribution >= 4 is 11.8 Å². The molecule has 0 bridgehead atoms. The number of hydrogen-bond donors (Lipinski definition) is 2. The van der Waals surface area contributed by atoms with Crippen molar-refractivity contribution in [3.63, 3.8) is 0 Å². The van der Waals surface area contributed by atoms with E-state index in [0.717, 1.165) is 5.70 Å². The molecular weight excluding hydrogens is 394 g/mol. The number of Topliss-reactive ketones (excluding diaryl/α,β-unsaturated/α-hetero) is 1. The Bertz CT molecular complexity index is 985. The van der Waals surface area contributed by atoms with Crippen molar-refractivity contribution in [1.29, 1.82) is 5.26 Å². The minimum atomic E-state index is -0.622. The summed E-state index contributed by atoms with van der Waals surface area (Å²) in [6.07, 6.45) is 1.05. The van der Waals surface area contributed by atoms with E-state index >= 15 is 0 Å². The lowest BCUT2D eigenvalue weighted by atomic mass is 9.68. The van der Waals surface area contributed by atoms with Gasteiger partial charge in [-0.3, -0.25) is 4.79 Å². The molecular formula is C24H29N3O4. The number of carbonyl (C=O) groups is 2. The van der Waals surface area contributed by atoms with E-state index in [1.54, 1.807) is 25.1 Å². The number of allylic oxidation sites excluding steroid dienone is 2. The van der Waals surface area contributed by atoms with Gasteiger partial charge in [-0.1, -0.05) is 26.0 Å². The normalized spacial score (nSPS) is 20.1. The lowest BCUT2D eigenvalue weighted by Crippen LogP contribution is -2.40. The summed E-state index contributed by atoms with van der Waals surface area (Å²) in [6.45, 7) is 6.89. The number of nitriles is 1. The standard InChI is InChI=1S/C24H29N3O4/c1-4-31-23(29)22-18(14-30-9-8-25)27-17-11-24(2,3)12-19(28)21(17)20(22)16-7-5-6-15(10-16)13-26/h5-7,10,20,27H,4,8-9,11-12,14,25H2,1-3H3. The summed E-state index contributed by atoms with van der Waals surface area (Å²) >= 11 is 0. The second-order valence-electron chi connectivity index (χ2n) is 8.58. The van der Waals surface area contributed by atoms with Gasteiger partial charge in [-0.15, -0.1) is 0 Å². The fourth-order valence-corrected chi connectivity index (χ4v) is 4.29. The van der Waals surface area contributed by atoms with E-state index in [2.05, 4.69) is 25.2 Å². The van der Waals surface area contributed by atoms with E-state index in [4.69, 9.17) is 15.2 Å². The van der Waals surface area contributed by atoms with Crippen molar-refractivity contribution < 1.29 is 19.1 Å². The molecule has 0 fully saturated rings. The highest BCUT2D eigenvalue weighted by atomic mass is 16.5. The number of dihydropyridines is 1. The minimum absolute atomic E-state index is 0.00478. The maximum absolute atomic E-state index is 13.3. The first kappa shape index (κ1) is 22.7. The SMILES string of the molecule is CCOC(=O)C1=C(COCCN)NC2=C(C(=O)CC(C)(C)C2)C1c1cccc(C#N)c1. The molecule has 3 rings (SSSR count). The molecule has 3 N–H and O–H groups in total. The third-order valence-electron chi connectivity index (χ3n) is 5.48. The molecule has 0 amide bonds. The molecule has 1 aromatic carbocycles. The molecule has 164 valence electrons. The fourth-order valence-electron chi connectivity index (χ4n) is 4.29. The molecule has 0 saturated heterocycles. The Kier molecular flexibility index (Phi) is 6.94. The third-order valence-corrected chi connectivity index (χ3v) is 5.48. The molecule has 2 aliphatic rings. The van der Waals surface area contributed by atoms with Gasteiger partial charge in [0.2, 0.25) is 0 Å². The molecule has 0 saturated carbocycles. The summed E-state index contributed by atoms with van der Waals surface area (Å²) in [7, 11) is 0. The van der Waals surface area contributed by atoms with Crippen LogP contribution in [-0.4, -0.2) is 38.1 Å². The van der Waals surface area contributed by atoms with Gasteiger partial charge < -0.3 is 20.5 Å². The fraction of sp³-hybridized carbons (Fsp3) is 0.458. The lowest BCUT2D eigenvalue weighted by molar-refractivity contribution is -0.139. The average Bonchev–Trinajstić information content (AvgIpc) is 2.72. The topological polar surface area (TPSA) is 114 Å². The Hall–Kier alpha value is -2.95. The quantitative estimate of drug-likeness (QED) is 0.512. The first-order valence-corrected chi connectivity index (χ1v) is 10.5. The van der Waals surface area contributed by atoms with E-state index in [-0.39, 0.29) is 24.4 Å². The highest BCUT2D eigenvalue weighted by molar-refractivity contribution is 6.04. The van der Waals surface area contributed by atoms with Crippen LogP contribution >= 0.6 is 0 Å². The van der Waals surface area contributed by atoms with E-state index in [0.29, 0.717) is 54.0 Å². The molecule has 7 heteroatoms. The summed E-state index contributed by atoms with van der Waals surface area (Å²) in [4.78, 5) is 26.4. The summed E-state index contributed by atoms with van der Waals surface area (Å²) in [5.41, 5.74) is 8.82. The summed E-state index contributed by atoms with van der Waals surface area (Å²) in [5, 5.41) is 12.7. The Morgan fingerprint density at radius 3 is 2.81 bits per heavy atom. The van der Waals surface area contributed by atoms with Crippen molar-refractivity contribution in [1.82, 2.24) is 5.32 Å². The highest BCUT2D eigenvalue weighted by Crippen LogP contribution is 2.47. The number of hydrogen-bond acceptors (Lipinski definition) is 7. The van der Waals surface area contributed by atoms with Crippen LogP contribution in [0, 0.1) is 16.7 Å². The van der Waals surface area contributed by atoms with E-state index < -0.39 is 11.9 Å². The van der Waals surface area contributed by atoms with Crippen LogP contribution in [0.15, 0.2) is 46.8 Å². The number of nitrogens with two attached hydrogens (primary N) is 1. The van der Waals surface area contributed by atoms with Gasteiger partial charge in [0, 0.05) is 30.2 Å². The predicted octanol–water partition coefficient (Wildman–Crippen LogP) is 2.68. The monoisotopic (exact) mass is 423 g/mol. The van der Waals surface area contributed by atoms with Crippen molar-refractivity contribution in [2.75, 3.05) is 26.4 Å². The first-order chi connectivity index (χ1) is 14.8. The van der Waals surface area contributed by atoms with Gasteiger partial charge in [-0.05, 0) is 36.5 Å². The van der Waals surface area contributed by atoms with Crippen LogP contribution in [0.3, 0.4) is 0 Å². The average molecular weight is 424 g/mol. The molecule has 1 heterocycles. The summed E-state index contributed by atoms with van der Waals surface area (Å²) in [6, 6.07) is 9.17. The van der Waals surface area contributed by atoms with Crippen LogP contribution in [0.1, 0.15) is 50.7 Å². The van der Waals surface area contributed by atoms with E-state index in [1.165, 1.54) is 0 Å². The molecule has 7 nitrogen and oxygen atoms in total. The van der Waals surface area contributed by atoms with Gasteiger partial charge in [-0.25, -0.2) is 4.79 Å². The number of nitrogens with zero attached hydrogens (tertiary/aromatic N) is 1. The summed E-state index contributed by atoms with van der Waals surface area (Å²) < 4.78 is 11.0. The summed E-state index contributed by atoms with van der Waals surface area (Å²) in [5.74, 6) is -1.13. The predicted molar refractivity (Wildman–Crippen MR) is 116 cm³/mol. The van der Waals surface area contributed by atoms with Crippen LogP contribution in [0.25, 0.3) is 0 Å². The zero-order valence-corrected chi connectivity index (χ0v) is 18.3. The van der Waals surface area contributed by atoms with Gasteiger partial charge in [0.25, 0.3) is 0 Å². The van der Waals surface area contributed by atoms with Gasteiger partial charge in [-0.2, -0.15) is 5.26 Å². The van der Waals surface area contributed by atoms with Gasteiger partial charge in [0.15, 0.2) is 5.78 Å². The molecule has 1 atom stereocenters. The number of rotatable bonds is 7. The number of esters is 1. The number of nitrogens with one attached hydrogen (secondary N) is 1. The third kappa shape index (κ3) is 4.87. The second-order valence-corrected chi connectivity index (χ2v) is 8.58. The maximum atomic E-state index is 13.3. The van der Waals surface area contributed by atoms with Gasteiger partial charge in [0.1, 0.15) is 0 Å². The van der Waals surface area contributed by atoms with Crippen molar-refractivity contribution in [3.8, 4) is 6.07 Å². The largest absolute Gasteiger partial charge is 0.463 e. The van der Waals surface area contributed by atoms with Crippen molar-refractivity contribution in [2.45, 2.75) is 39.5 Å². The Labute approximate surface area is 182 Å². The van der Waals surface area contributed by atoms with Crippen LogP contribution < -0.4 is 11.1 Å². The Morgan fingerprint density at radius 2 is 2.13 bits per heavy atom. The number of carbonyl (C=O) groups excluding carboxylic acids is 2. The van der Waals surface area contributed by atoms with Gasteiger partial charge in [0.05, 0.1) is 42.7 Å². The highest BCUT2D eigenvalue weighted by Gasteiger charge is 2.43. The lowest BCUT2D eigenvalue weighted by Gasteiger charge is -2.40. The van der Waals surface area contributed by atoms with Crippen LogP contribution in [0.5, 0.6) is 0 Å². The number of ketones is 1. The maximum Gasteiger partial charge on any atom is 0.336 e. The molecule has 1 aromatic rings. The number of benzene rings is 1. The zero-order valence-electron chi connectivity index (χ0n) is 18.3. The molecule has 1 aliphatic heterocycles. The van der Waals surface area contributed by atoms with Crippen LogP contribution in [-0.2, 0) is 19.1 Å².